The molecule has 0 aromatic heterocycles. The molecule has 0 aromatic carbocycles. The van der Waals surface area contributed by atoms with Gasteiger partial charge in [0, 0.05) is 37.0 Å². The summed E-state index contributed by atoms with van der Waals surface area (Å²) < 4.78 is 11.8. The van der Waals surface area contributed by atoms with Crippen LogP contribution in [0.4, 0.5) is 0 Å². The van der Waals surface area contributed by atoms with Gasteiger partial charge in [0.15, 0.2) is 0 Å². The standard InChI is InChI=1S/C17H29NO3S2/c1-16(2)11-18(12-17(21-16)8-9-20-13-17)15(19)6-4-3-5-14-7-10-22-23-14/h14H,3-13H2,1-2H3/t14-,17-/m1/s1. The van der Waals surface area contributed by atoms with Crippen LogP contribution in [0, 0.1) is 0 Å². The topological polar surface area (TPSA) is 38.8 Å². The van der Waals surface area contributed by atoms with Crippen molar-refractivity contribution in [1.29, 1.82) is 0 Å². The molecule has 0 bridgehead atoms. The summed E-state index contributed by atoms with van der Waals surface area (Å²) in [5, 5.41) is 0.816. The van der Waals surface area contributed by atoms with Crippen molar-refractivity contribution in [1.82, 2.24) is 4.90 Å². The highest BCUT2D eigenvalue weighted by molar-refractivity contribution is 8.77. The molecule has 4 nitrogen and oxygen atoms in total. The van der Waals surface area contributed by atoms with E-state index in [0.717, 1.165) is 24.7 Å². The van der Waals surface area contributed by atoms with Crippen LogP contribution in [0.1, 0.15) is 52.4 Å². The van der Waals surface area contributed by atoms with Crippen molar-refractivity contribution in [2.45, 2.75) is 68.8 Å². The summed E-state index contributed by atoms with van der Waals surface area (Å²) in [4.78, 5) is 14.7. The molecule has 23 heavy (non-hydrogen) atoms. The number of unbranched alkanes of at least 4 members (excludes halogenated alkanes) is 1. The van der Waals surface area contributed by atoms with Crippen LogP contribution in [-0.4, -0.2) is 59.3 Å². The lowest BCUT2D eigenvalue weighted by Gasteiger charge is -2.48. The van der Waals surface area contributed by atoms with Gasteiger partial charge in [-0.2, -0.15) is 0 Å². The molecule has 1 amide bonds. The number of carbonyl (C=O) groups excluding carboxylic acids is 1. The number of ether oxygens (including phenoxy) is 2. The molecule has 3 fully saturated rings. The van der Waals surface area contributed by atoms with Gasteiger partial charge in [0.05, 0.1) is 18.8 Å². The van der Waals surface area contributed by atoms with Crippen molar-refractivity contribution in [3.63, 3.8) is 0 Å². The van der Waals surface area contributed by atoms with Gasteiger partial charge in [-0.15, -0.1) is 0 Å². The van der Waals surface area contributed by atoms with Crippen LogP contribution < -0.4 is 0 Å². The first-order valence-electron chi connectivity index (χ1n) is 8.82. The van der Waals surface area contributed by atoms with Gasteiger partial charge in [-0.25, -0.2) is 0 Å². The van der Waals surface area contributed by atoms with E-state index in [1.165, 1.54) is 25.0 Å². The van der Waals surface area contributed by atoms with Crippen LogP contribution in [0.15, 0.2) is 0 Å². The minimum Gasteiger partial charge on any atom is -0.378 e. The second-order valence-electron chi connectivity index (χ2n) is 7.67. The average Bonchev–Trinajstić information content (AvgIpc) is 3.13. The predicted molar refractivity (Wildman–Crippen MR) is 96.8 cm³/mol. The maximum atomic E-state index is 12.6. The number of nitrogens with zero attached hydrogens (tertiary/aromatic N) is 1. The smallest absolute Gasteiger partial charge is 0.222 e. The van der Waals surface area contributed by atoms with Gasteiger partial charge in [-0.1, -0.05) is 28.0 Å². The van der Waals surface area contributed by atoms with Crippen molar-refractivity contribution >= 4 is 27.5 Å². The zero-order valence-corrected chi connectivity index (χ0v) is 16.0. The van der Waals surface area contributed by atoms with E-state index in [-0.39, 0.29) is 11.2 Å². The van der Waals surface area contributed by atoms with Crippen LogP contribution >= 0.6 is 21.6 Å². The van der Waals surface area contributed by atoms with E-state index >= 15 is 0 Å². The molecular formula is C17H29NO3S2. The van der Waals surface area contributed by atoms with Crippen LogP contribution in [0.2, 0.25) is 0 Å². The van der Waals surface area contributed by atoms with Gasteiger partial charge in [0.2, 0.25) is 5.91 Å². The number of amides is 1. The molecule has 3 saturated heterocycles. The molecule has 3 aliphatic rings. The van der Waals surface area contributed by atoms with E-state index in [1.807, 2.05) is 26.5 Å². The lowest BCUT2D eigenvalue weighted by molar-refractivity contribution is -0.199. The third kappa shape index (κ3) is 4.80. The lowest BCUT2D eigenvalue weighted by atomic mass is 9.94. The Hall–Kier alpha value is 0.0900. The Morgan fingerprint density at radius 3 is 2.87 bits per heavy atom. The van der Waals surface area contributed by atoms with E-state index in [0.29, 0.717) is 32.0 Å². The van der Waals surface area contributed by atoms with Gasteiger partial charge < -0.3 is 14.4 Å². The number of morpholine rings is 1. The Labute approximate surface area is 147 Å². The molecule has 2 atom stereocenters. The Morgan fingerprint density at radius 2 is 2.17 bits per heavy atom. The van der Waals surface area contributed by atoms with Crippen LogP contribution in [-0.2, 0) is 14.3 Å². The highest BCUT2D eigenvalue weighted by Crippen LogP contribution is 2.40. The average molecular weight is 360 g/mol. The highest BCUT2D eigenvalue weighted by Gasteiger charge is 2.47. The fraction of sp³-hybridized carbons (Fsp3) is 0.941. The number of hydrogen-bond acceptors (Lipinski definition) is 5. The normalized spacial score (nSPS) is 33.5. The summed E-state index contributed by atoms with van der Waals surface area (Å²) >= 11 is 0. The van der Waals surface area contributed by atoms with E-state index in [2.05, 4.69) is 13.8 Å². The van der Waals surface area contributed by atoms with Crippen molar-refractivity contribution in [2.75, 3.05) is 32.1 Å². The Balaban J connectivity index is 1.45. The first-order valence-corrected chi connectivity index (χ1v) is 11.2. The zero-order chi connectivity index (χ0) is 16.3. The van der Waals surface area contributed by atoms with Crippen molar-refractivity contribution < 1.29 is 14.3 Å². The molecule has 132 valence electrons. The van der Waals surface area contributed by atoms with Gasteiger partial charge in [0.25, 0.3) is 0 Å². The predicted octanol–water partition coefficient (Wildman–Crippen LogP) is 3.50. The second kappa shape index (κ2) is 7.54. The maximum Gasteiger partial charge on any atom is 0.222 e. The number of rotatable bonds is 5. The van der Waals surface area contributed by atoms with E-state index in [9.17, 15) is 4.79 Å². The van der Waals surface area contributed by atoms with Crippen molar-refractivity contribution in [2.24, 2.45) is 0 Å². The minimum atomic E-state index is -0.278. The summed E-state index contributed by atoms with van der Waals surface area (Å²) in [6.45, 7) is 6.93. The van der Waals surface area contributed by atoms with Gasteiger partial charge >= 0.3 is 0 Å². The second-order valence-corrected chi connectivity index (χ2v) is 10.5. The largest absolute Gasteiger partial charge is 0.378 e. The van der Waals surface area contributed by atoms with E-state index < -0.39 is 0 Å². The summed E-state index contributed by atoms with van der Waals surface area (Å²) in [7, 11) is 4.03. The van der Waals surface area contributed by atoms with Gasteiger partial charge in [-0.3, -0.25) is 4.79 Å². The summed E-state index contributed by atoms with van der Waals surface area (Å²) in [5.41, 5.74) is -0.547. The Bertz CT molecular complexity index is 418. The molecule has 0 N–H and O–H groups in total. The van der Waals surface area contributed by atoms with Gasteiger partial charge in [0.1, 0.15) is 5.60 Å². The molecular weight excluding hydrogens is 330 g/mol. The van der Waals surface area contributed by atoms with E-state index in [1.54, 1.807) is 0 Å². The molecule has 3 rings (SSSR count). The minimum absolute atomic E-state index is 0.269. The lowest BCUT2D eigenvalue weighted by Crippen LogP contribution is -2.61. The fourth-order valence-corrected chi connectivity index (χ4v) is 6.88. The molecule has 0 radical (unpaired) electrons. The van der Waals surface area contributed by atoms with Crippen LogP contribution in [0.3, 0.4) is 0 Å². The molecule has 0 aromatic rings. The van der Waals surface area contributed by atoms with Crippen LogP contribution in [0.25, 0.3) is 0 Å². The molecule has 0 saturated carbocycles. The molecule has 6 heteroatoms. The molecule has 3 heterocycles. The van der Waals surface area contributed by atoms with Crippen molar-refractivity contribution in [3.05, 3.63) is 0 Å². The number of hydrogen-bond donors (Lipinski definition) is 0. The summed E-state index contributed by atoms with van der Waals surface area (Å²) in [6, 6.07) is 0. The first-order chi connectivity index (χ1) is 11.0. The quantitative estimate of drug-likeness (QED) is 0.555. The van der Waals surface area contributed by atoms with Crippen molar-refractivity contribution in [3.8, 4) is 0 Å². The fourth-order valence-electron chi connectivity index (χ4n) is 3.85. The third-order valence-corrected chi connectivity index (χ3v) is 7.86. The third-order valence-electron chi connectivity index (χ3n) is 4.86. The van der Waals surface area contributed by atoms with Gasteiger partial charge in [-0.05, 0) is 33.1 Å². The molecule has 3 aliphatic heterocycles. The first kappa shape index (κ1) is 17.9. The zero-order valence-electron chi connectivity index (χ0n) is 14.3. The highest BCUT2D eigenvalue weighted by atomic mass is 33.1. The van der Waals surface area contributed by atoms with E-state index in [4.69, 9.17) is 9.47 Å². The summed E-state index contributed by atoms with van der Waals surface area (Å²) in [6.07, 6.45) is 6.36. The Kier molecular flexibility index (Phi) is 5.87. The monoisotopic (exact) mass is 359 g/mol. The number of carbonyl (C=O) groups is 1. The summed E-state index contributed by atoms with van der Waals surface area (Å²) in [5.74, 6) is 1.59. The molecule has 0 aliphatic carbocycles. The maximum absolute atomic E-state index is 12.6. The molecule has 1 spiro atoms. The SMILES string of the molecule is CC1(C)CN(C(=O)CCCC[C@@H]2CCSS2)C[C@@]2(CCOC2)O1. The molecule has 0 unspecified atom stereocenters. The Morgan fingerprint density at radius 1 is 1.30 bits per heavy atom. The van der Waals surface area contributed by atoms with Crippen LogP contribution in [0.5, 0.6) is 0 Å².